The molecule has 2 aromatic carbocycles. The van der Waals surface area contributed by atoms with Crippen LogP contribution < -0.4 is 10.0 Å². The van der Waals surface area contributed by atoms with Crippen LogP contribution in [0.15, 0.2) is 53.4 Å². The van der Waals surface area contributed by atoms with Gasteiger partial charge in [0.1, 0.15) is 0 Å². The zero-order valence-corrected chi connectivity index (χ0v) is 21.1. The molecule has 1 heterocycles. The first-order valence-corrected chi connectivity index (χ1v) is 13.9. The van der Waals surface area contributed by atoms with Crippen molar-refractivity contribution in [1.29, 1.82) is 0 Å². The van der Waals surface area contributed by atoms with Gasteiger partial charge in [-0.3, -0.25) is 9.69 Å². The summed E-state index contributed by atoms with van der Waals surface area (Å²) in [5.41, 5.74) is 3.36. The van der Waals surface area contributed by atoms with E-state index in [4.69, 9.17) is 0 Å². The number of nitrogens with one attached hydrogen (secondary N) is 2. The normalized spacial score (nSPS) is 21.4. The number of nitrogens with zero attached hydrogens (tertiary/aromatic N) is 1. The number of piperidine rings is 1. The molecule has 2 atom stereocenters. The summed E-state index contributed by atoms with van der Waals surface area (Å²) in [6.07, 6.45) is 4.09. The molecule has 0 bridgehead atoms. The van der Waals surface area contributed by atoms with Crippen LogP contribution in [-0.2, 0) is 34.3 Å². The summed E-state index contributed by atoms with van der Waals surface area (Å²) in [6.45, 7) is 8.50. The SMILES string of the molecule is CC1CC(C)CN(Cc2ccc(CNC(=O)CCc3ccc(S(=O)(=O)NC4CC4)cc3)cc2)C1. The first-order valence-electron chi connectivity index (χ1n) is 12.4. The Hall–Kier alpha value is -2.22. The zero-order valence-electron chi connectivity index (χ0n) is 20.3. The largest absolute Gasteiger partial charge is 0.352 e. The Morgan fingerprint density at radius 3 is 2.12 bits per heavy atom. The Morgan fingerprint density at radius 1 is 0.912 bits per heavy atom. The van der Waals surface area contributed by atoms with E-state index >= 15 is 0 Å². The van der Waals surface area contributed by atoms with Crippen molar-refractivity contribution in [2.45, 2.75) is 70.0 Å². The highest BCUT2D eigenvalue weighted by Crippen LogP contribution is 2.23. The fourth-order valence-corrected chi connectivity index (χ4v) is 6.12. The second-order valence-electron chi connectivity index (χ2n) is 10.3. The van der Waals surface area contributed by atoms with Gasteiger partial charge in [-0.25, -0.2) is 13.1 Å². The molecule has 0 radical (unpaired) electrons. The van der Waals surface area contributed by atoms with Crippen molar-refractivity contribution in [3.63, 3.8) is 0 Å². The number of amides is 1. The number of benzene rings is 2. The molecule has 4 rings (SSSR count). The van der Waals surface area contributed by atoms with Crippen LogP contribution in [0.5, 0.6) is 0 Å². The molecule has 2 aliphatic rings. The van der Waals surface area contributed by atoms with Crippen LogP contribution in [0.1, 0.15) is 56.2 Å². The van der Waals surface area contributed by atoms with Gasteiger partial charge in [0, 0.05) is 38.6 Å². The van der Waals surface area contributed by atoms with Crippen molar-refractivity contribution in [3.05, 3.63) is 65.2 Å². The van der Waals surface area contributed by atoms with Crippen LogP contribution in [0.3, 0.4) is 0 Å². The van der Waals surface area contributed by atoms with Crippen molar-refractivity contribution >= 4 is 15.9 Å². The van der Waals surface area contributed by atoms with E-state index in [1.807, 2.05) is 0 Å². The van der Waals surface area contributed by atoms with E-state index in [0.29, 0.717) is 19.4 Å². The summed E-state index contributed by atoms with van der Waals surface area (Å²) in [5.74, 6) is 1.51. The predicted octanol–water partition coefficient (Wildman–Crippen LogP) is 3.85. The van der Waals surface area contributed by atoms with E-state index in [1.165, 1.54) is 12.0 Å². The van der Waals surface area contributed by atoms with Gasteiger partial charge in [-0.2, -0.15) is 0 Å². The third-order valence-corrected chi connectivity index (χ3v) is 8.17. The van der Waals surface area contributed by atoms with Crippen molar-refractivity contribution < 1.29 is 13.2 Å². The third-order valence-electron chi connectivity index (χ3n) is 6.64. The van der Waals surface area contributed by atoms with Crippen molar-refractivity contribution in [2.24, 2.45) is 11.8 Å². The summed E-state index contributed by atoms with van der Waals surface area (Å²) in [4.78, 5) is 15.1. The fraction of sp³-hybridized carbons (Fsp3) is 0.519. The fourth-order valence-electron chi connectivity index (χ4n) is 4.81. The van der Waals surface area contributed by atoms with Gasteiger partial charge in [-0.1, -0.05) is 50.2 Å². The second kappa shape index (κ2) is 11.0. The Bertz CT molecular complexity index is 1050. The number of sulfonamides is 1. The van der Waals surface area contributed by atoms with Gasteiger partial charge in [-0.15, -0.1) is 0 Å². The summed E-state index contributed by atoms with van der Waals surface area (Å²) >= 11 is 0. The van der Waals surface area contributed by atoms with Crippen LogP contribution in [0.25, 0.3) is 0 Å². The second-order valence-corrected chi connectivity index (χ2v) is 12.0. The molecule has 184 valence electrons. The molecule has 6 nitrogen and oxygen atoms in total. The minimum atomic E-state index is -3.43. The van der Waals surface area contributed by atoms with Gasteiger partial charge in [0.05, 0.1) is 4.90 Å². The molecule has 0 aromatic heterocycles. The molecule has 7 heteroatoms. The predicted molar refractivity (Wildman–Crippen MR) is 135 cm³/mol. The van der Waals surface area contributed by atoms with E-state index in [1.54, 1.807) is 24.3 Å². The molecule has 1 aliphatic heterocycles. The monoisotopic (exact) mass is 483 g/mol. The molecule has 1 amide bonds. The maximum absolute atomic E-state index is 12.3. The van der Waals surface area contributed by atoms with Crippen molar-refractivity contribution in [2.75, 3.05) is 13.1 Å². The molecular formula is C27H37N3O3S. The lowest BCUT2D eigenvalue weighted by atomic mass is 9.91. The minimum Gasteiger partial charge on any atom is -0.352 e. The number of carbonyl (C=O) groups excluding carboxylic acids is 1. The Labute approximate surface area is 204 Å². The van der Waals surface area contributed by atoms with Crippen LogP contribution in [0, 0.1) is 11.8 Å². The summed E-state index contributed by atoms with van der Waals surface area (Å²) < 4.78 is 27.2. The molecule has 1 saturated carbocycles. The molecule has 2 unspecified atom stereocenters. The lowest BCUT2D eigenvalue weighted by Gasteiger charge is -2.35. The van der Waals surface area contributed by atoms with Crippen molar-refractivity contribution in [1.82, 2.24) is 14.9 Å². The highest BCUT2D eigenvalue weighted by atomic mass is 32.2. The Morgan fingerprint density at radius 2 is 1.50 bits per heavy atom. The number of hydrogen-bond donors (Lipinski definition) is 2. The lowest BCUT2D eigenvalue weighted by Crippen LogP contribution is -2.38. The number of carbonyl (C=O) groups is 1. The highest BCUT2D eigenvalue weighted by Gasteiger charge is 2.27. The lowest BCUT2D eigenvalue weighted by molar-refractivity contribution is -0.121. The average molecular weight is 484 g/mol. The number of aryl methyl sites for hydroxylation is 1. The molecule has 2 aromatic rings. The average Bonchev–Trinajstić information content (AvgIpc) is 3.60. The minimum absolute atomic E-state index is 0.00698. The molecule has 1 aliphatic carbocycles. The standard InChI is InChI=1S/C27H37N3O3S/c1-20-15-21(2)18-30(17-20)19-24-5-3-23(4-6-24)16-28-27(31)14-9-22-7-12-26(13-8-22)34(32,33)29-25-10-11-25/h3-8,12-13,20-21,25,29H,9-11,14-19H2,1-2H3,(H,28,31). The summed E-state index contributed by atoms with van der Waals surface area (Å²) in [7, 11) is -3.43. The molecule has 0 spiro atoms. The van der Waals surface area contributed by atoms with Gasteiger partial charge in [-0.05, 0) is 66.3 Å². The first-order chi connectivity index (χ1) is 16.3. The topological polar surface area (TPSA) is 78.5 Å². The van der Waals surface area contributed by atoms with Gasteiger partial charge >= 0.3 is 0 Å². The number of rotatable bonds is 10. The van der Waals surface area contributed by atoms with E-state index in [-0.39, 0.29) is 16.8 Å². The first kappa shape index (κ1) is 24.9. The van der Waals surface area contributed by atoms with E-state index in [9.17, 15) is 13.2 Å². The van der Waals surface area contributed by atoms with Crippen LogP contribution in [-0.4, -0.2) is 38.4 Å². The van der Waals surface area contributed by atoms with E-state index in [0.717, 1.165) is 55.4 Å². The summed E-state index contributed by atoms with van der Waals surface area (Å²) in [5, 5.41) is 2.99. The molecule has 2 N–H and O–H groups in total. The maximum atomic E-state index is 12.3. The number of hydrogen-bond acceptors (Lipinski definition) is 4. The molecule has 34 heavy (non-hydrogen) atoms. The molecular weight excluding hydrogens is 446 g/mol. The number of likely N-dealkylation sites (tertiary alicyclic amines) is 1. The van der Waals surface area contributed by atoms with E-state index in [2.05, 4.69) is 53.1 Å². The quantitative estimate of drug-likeness (QED) is 0.538. The summed E-state index contributed by atoms with van der Waals surface area (Å²) in [6, 6.07) is 15.4. The van der Waals surface area contributed by atoms with Gasteiger partial charge in [0.2, 0.25) is 15.9 Å². The van der Waals surface area contributed by atoms with Crippen LogP contribution in [0.2, 0.25) is 0 Å². The Kier molecular flexibility index (Phi) is 8.06. The van der Waals surface area contributed by atoms with Gasteiger partial charge in [0.15, 0.2) is 0 Å². The zero-order chi connectivity index (χ0) is 24.1. The van der Waals surface area contributed by atoms with Crippen LogP contribution >= 0.6 is 0 Å². The highest BCUT2D eigenvalue weighted by molar-refractivity contribution is 7.89. The Balaban J connectivity index is 1.19. The van der Waals surface area contributed by atoms with E-state index < -0.39 is 10.0 Å². The van der Waals surface area contributed by atoms with Gasteiger partial charge < -0.3 is 5.32 Å². The molecule has 1 saturated heterocycles. The van der Waals surface area contributed by atoms with Crippen LogP contribution in [0.4, 0.5) is 0 Å². The van der Waals surface area contributed by atoms with Gasteiger partial charge in [0.25, 0.3) is 0 Å². The molecule has 2 fully saturated rings. The van der Waals surface area contributed by atoms with Crippen molar-refractivity contribution in [3.8, 4) is 0 Å². The maximum Gasteiger partial charge on any atom is 0.240 e. The smallest absolute Gasteiger partial charge is 0.240 e. The third kappa shape index (κ3) is 7.39.